The van der Waals surface area contributed by atoms with Crippen LogP contribution in [0, 0.1) is 23.0 Å². The molecule has 1 aromatic carbocycles. The van der Waals surface area contributed by atoms with Crippen LogP contribution in [0.15, 0.2) is 12.1 Å². The van der Waals surface area contributed by atoms with Crippen LogP contribution < -0.4 is 5.32 Å². The monoisotopic (exact) mass is 240 g/mol. The van der Waals surface area contributed by atoms with Gasteiger partial charge in [-0.25, -0.2) is 13.6 Å². The summed E-state index contributed by atoms with van der Waals surface area (Å²) in [5.41, 5.74) is -0.585. The van der Waals surface area contributed by atoms with Crippen molar-refractivity contribution in [2.75, 3.05) is 12.4 Å². The van der Waals surface area contributed by atoms with E-state index in [1.807, 2.05) is 0 Å². The van der Waals surface area contributed by atoms with Crippen LogP contribution in [0.25, 0.3) is 0 Å². The molecule has 0 bridgehead atoms. The van der Waals surface area contributed by atoms with Crippen molar-refractivity contribution in [1.29, 1.82) is 5.26 Å². The molecule has 0 radical (unpaired) electrons. The van der Waals surface area contributed by atoms with Crippen LogP contribution in [0.3, 0.4) is 0 Å². The highest BCUT2D eigenvalue weighted by atomic mass is 19.2. The average molecular weight is 240 g/mol. The van der Waals surface area contributed by atoms with Crippen molar-refractivity contribution in [3.05, 3.63) is 29.3 Å². The van der Waals surface area contributed by atoms with Crippen LogP contribution in [0.2, 0.25) is 0 Å². The summed E-state index contributed by atoms with van der Waals surface area (Å²) in [6.45, 7) is 1.45. The van der Waals surface area contributed by atoms with Gasteiger partial charge in [0.25, 0.3) is 0 Å². The highest BCUT2D eigenvalue weighted by molar-refractivity contribution is 5.78. The topological polar surface area (TPSA) is 62.1 Å². The van der Waals surface area contributed by atoms with E-state index in [2.05, 4.69) is 10.1 Å². The quantitative estimate of drug-likeness (QED) is 0.818. The minimum atomic E-state index is -1.24. The molecule has 1 rings (SSSR count). The van der Waals surface area contributed by atoms with Crippen LogP contribution in [0.4, 0.5) is 14.5 Å². The third-order valence-corrected chi connectivity index (χ3v) is 2.13. The van der Waals surface area contributed by atoms with Crippen LogP contribution in [-0.4, -0.2) is 19.1 Å². The zero-order chi connectivity index (χ0) is 13.0. The number of methoxy groups -OCH3 is 1. The molecule has 90 valence electrons. The number of nitrogens with zero attached hydrogens (tertiary/aromatic N) is 1. The highest BCUT2D eigenvalue weighted by Gasteiger charge is 2.18. The van der Waals surface area contributed by atoms with Gasteiger partial charge in [-0.05, 0) is 19.1 Å². The highest BCUT2D eigenvalue weighted by Crippen LogP contribution is 2.20. The van der Waals surface area contributed by atoms with Crippen molar-refractivity contribution in [3.8, 4) is 6.07 Å². The number of benzene rings is 1. The molecule has 1 N–H and O–H groups in total. The molecule has 0 fully saturated rings. The Balaban J connectivity index is 2.98. The molecular formula is C11H10F2N2O2. The number of esters is 1. The van der Waals surface area contributed by atoms with E-state index in [4.69, 9.17) is 5.26 Å². The van der Waals surface area contributed by atoms with Gasteiger partial charge in [0.15, 0.2) is 11.6 Å². The molecule has 0 saturated heterocycles. The number of nitriles is 1. The second kappa shape index (κ2) is 5.25. The SMILES string of the molecule is COC(=O)C(C)Nc1ccc(C#N)c(F)c1F. The Morgan fingerprint density at radius 1 is 1.47 bits per heavy atom. The number of carbonyl (C=O) groups excluding carboxylic acids is 1. The number of hydrogen-bond acceptors (Lipinski definition) is 4. The molecule has 17 heavy (non-hydrogen) atoms. The molecule has 1 unspecified atom stereocenters. The second-order valence-corrected chi connectivity index (χ2v) is 3.29. The summed E-state index contributed by atoms with van der Waals surface area (Å²) in [4.78, 5) is 11.1. The molecule has 0 saturated carbocycles. The number of halogens is 2. The molecule has 0 aromatic heterocycles. The minimum absolute atomic E-state index is 0.195. The normalized spacial score (nSPS) is 11.5. The van der Waals surface area contributed by atoms with E-state index >= 15 is 0 Å². The molecule has 0 aliphatic rings. The van der Waals surface area contributed by atoms with E-state index in [0.717, 1.165) is 6.07 Å². The molecule has 0 heterocycles. The fraction of sp³-hybridized carbons (Fsp3) is 0.273. The van der Waals surface area contributed by atoms with Crippen LogP contribution in [0.1, 0.15) is 12.5 Å². The Morgan fingerprint density at radius 2 is 2.12 bits per heavy atom. The minimum Gasteiger partial charge on any atom is -0.467 e. The third kappa shape index (κ3) is 2.69. The number of anilines is 1. The summed E-state index contributed by atoms with van der Waals surface area (Å²) in [5, 5.41) is 10.9. The summed E-state index contributed by atoms with van der Waals surface area (Å²) in [6, 6.07) is 3.02. The maximum absolute atomic E-state index is 13.4. The fourth-order valence-corrected chi connectivity index (χ4v) is 1.22. The third-order valence-electron chi connectivity index (χ3n) is 2.13. The standard InChI is InChI=1S/C11H10F2N2O2/c1-6(11(16)17-2)15-8-4-3-7(5-14)9(12)10(8)13/h3-4,6,15H,1-2H3. The molecule has 4 nitrogen and oxygen atoms in total. The molecule has 1 atom stereocenters. The van der Waals surface area contributed by atoms with Crippen molar-refractivity contribution in [2.45, 2.75) is 13.0 Å². The van der Waals surface area contributed by atoms with Crippen molar-refractivity contribution < 1.29 is 18.3 Å². The van der Waals surface area contributed by atoms with Crippen LogP contribution in [-0.2, 0) is 9.53 Å². The lowest BCUT2D eigenvalue weighted by Gasteiger charge is -2.13. The lowest BCUT2D eigenvalue weighted by molar-refractivity contribution is -0.141. The molecule has 0 spiro atoms. The van der Waals surface area contributed by atoms with Crippen molar-refractivity contribution in [2.24, 2.45) is 0 Å². The first kappa shape index (κ1) is 12.9. The summed E-state index contributed by atoms with van der Waals surface area (Å²) >= 11 is 0. The zero-order valence-corrected chi connectivity index (χ0v) is 9.25. The number of rotatable bonds is 3. The molecule has 1 aromatic rings. The first-order valence-corrected chi connectivity index (χ1v) is 4.73. The van der Waals surface area contributed by atoms with E-state index in [1.54, 1.807) is 0 Å². The number of hydrogen-bond donors (Lipinski definition) is 1. The molecule has 0 aliphatic carbocycles. The summed E-state index contributed by atoms with van der Waals surface area (Å²) in [6.07, 6.45) is 0. The van der Waals surface area contributed by atoms with E-state index < -0.39 is 29.2 Å². The van der Waals surface area contributed by atoms with Gasteiger partial charge in [0.1, 0.15) is 12.1 Å². The van der Waals surface area contributed by atoms with Crippen molar-refractivity contribution in [3.63, 3.8) is 0 Å². The molecule has 0 aliphatic heterocycles. The molecule has 6 heteroatoms. The smallest absolute Gasteiger partial charge is 0.327 e. The van der Waals surface area contributed by atoms with E-state index in [-0.39, 0.29) is 5.69 Å². The van der Waals surface area contributed by atoms with Gasteiger partial charge in [0.2, 0.25) is 0 Å². The Labute approximate surface area is 96.8 Å². The van der Waals surface area contributed by atoms with E-state index in [1.165, 1.54) is 26.2 Å². The summed E-state index contributed by atoms with van der Waals surface area (Å²) in [7, 11) is 1.19. The van der Waals surface area contributed by atoms with Gasteiger partial charge in [-0.15, -0.1) is 0 Å². The number of ether oxygens (including phenoxy) is 1. The first-order chi connectivity index (χ1) is 8.01. The van der Waals surface area contributed by atoms with Crippen molar-refractivity contribution in [1.82, 2.24) is 0 Å². The van der Waals surface area contributed by atoms with Gasteiger partial charge < -0.3 is 10.1 Å². The molecular weight excluding hydrogens is 230 g/mol. The predicted molar refractivity (Wildman–Crippen MR) is 56.2 cm³/mol. The maximum Gasteiger partial charge on any atom is 0.327 e. The Bertz CT molecular complexity index is 483. The average Bonchev–Trinajstić information content (AvgIpc) is 2.34. The largest absolute Gasteiger partial charge is 0.467 e. The van der Waals surface area contributed by atoms with Crippen molar-refractivity contribution >= 4 is 11.7 Å². The lowest BCUT2D eigenvalue weighted by atomic mass is 10.2. The predicted octanol–water partition coefficient (Wildman–Crippen LogP) is 1.81. The maximum atomic E-state index is 13.4. The van der Waals surface area contributed by atoms with Gasteiger partial charge >= 0.3 is 5.97 Å². The Morgan fingerprint density at radius 3 is 2.65 bits per heavy atom. The van der Waals surface area contributed by atoms with Crippen LogP contribution >= 0.6 is 0 Å². The van der Waals surface area contributed by atoms with Gasteiger partial charge in [0.05, 0.1) is 18.4 Å². The van der Waals surface area contributed by atoms with Gasteiger partial charge in [-0.2, -0.15) is 5.26 Å². The Hall–Kier alpha value is -2.16. The Kier molecular flexibility index (Phi) is 3.99. The van der Waals surface area contributed by atoms with E-state index in [9.17, 15) is 13.6 Å². The fourth-order valence-electron chi connectivity index (χ4n) is 1.22. The van der Waals surface area contributed by atoms with Crippen LogP contribution in [0.5, 0.6) is 0 Å². The number of carbonyl (C=O) groups is 1. The first-order valence-electron chi connectivity index (χ1n) is 4.73. The second-order valence-electron chi connectivity index (χ2n) is 3.29. The summed E-state index contributed by atoms with van der Waals surface area (Å²) in [5.74, 6) is -3.04. The lowest BCUT2D eigenvalue weighted by Crippen LogP contribution is -2.27. The van der Waals surface area contributed by atoms with E-state index in [0.29, 0.717) is 0 Å². The summed E-state index contributed by atoms with van der Waals surface area (Å²) < 4.78 is 31.1. The molecule has 0 amide bonds. The number of nitrogens with one attached hydrogen (secondary N) is 1. The van der Waals surface area contributed by atoms with Gasteiger partial charge in [0, 0.05) is 0 Å². The van der Waals surface area contributed by atoms with Gasteiger partial charge in [-0.3, -0.25) is 0 Å². The van der Waals surface area contributed by atoms with Gasteiger partial charge in [-0.1, -0.05) is 0 Å². The zero-order valence-electron chi connectivity index (χ0n) is 9.25.